The number of carbonyl (C=O) groups is 1. The van der Waals surface area contributed by atoms with Gasteiger partial charge in [-0.1, -0.05) is 30.7 Å². The van der Waals surface area contributed by atoms with Crippen molar-refractivity contribution >= 4 is 54.8 Å². The van der Waals surface area contributed by atoms with Crippen LogP contribution < -0.4 is 10.9 Å². The predicted octanol–water partition coefficient (Wildman–Crippen LogP) is 4.91. The van der Waals surface area contributed by atoms with E-state index in [-0.39, 0.29) is 18.0 Å². The van der Waals surface area contributed by atoms with Crippen LogP contribution in [0.15, 0.2) is 41.2 Å². The SMILES string of the molecule is CCc1nc2c(sc3cccc(F)c32)c(=O)n1CC(=O)Nc1ccc(C)cc1Cl. The third-order valence-electron chi connectivity index (χ3n) is 4.65. The number of aromatic nitrogens is 2. The lowest BCUT2D eigenvalue weighted by atomic mass is 10.2. The third-order valence-corrected chi connectivity index (χ3v) is 6.09. The van der Waals surface area contributed by atoms with Gasteiger partial charge in [0.2, 0.25) is 5.91 Å². The van der Waals surface area contributed by atoms with Gasteiger partial charge in [0.05, 0.1) is 21.6 Å². The van der Waals surface area contributed by atoms with Crippen molar-refractivity contribution in [2.45, 2.75) is 26.8 Å². The number of aryl methyl sites for hydroxylation is 2. The summed E-state index contributed by atoms with van der Waals surface area (Å²) in [6, 6.07) is 10.0. The lowest BCUT2D eigenvalue weighted by Gasteiger charge is -2.12. The molecule has 2 aromatic heterocycles. The minimum absolute atomic E-state index is 0.203. The van der Waals surface area contributed by atoms with Crippen molar-refractivity contribution in [3.8, 4) is 0 Å². The lowest BCUT2D eigenvalue weighted by Crippen LogP contribution is -2.30. The Labute approximate surface area is 174 Å². The maximum atomic E-state index is 14.3. The van der Waals surface area contributed by atoms with E-state index in [2.05, 4.69) is 10.3 Å². The Morgan fingerprint density at radius 2 is 2.10 bits per heavy atom. The van der Waals surface area contributed by atoms with Crippen molar-refractivity contribution in [3.05, 3.63) is 69.0 Å². The van der Waals surface area contributed by atoms with Gasteiger partial charge in [-0.25, -0.2) is 9.37 Å². The summed E-state index contributed by atoms with van der Waals surface area (Å²) in [6.07, 6.45) is 0.426. The number of amides is 1. The van der Waals surface area contributed by atoms with Crippen LogP contribution in [0, 0.1) is 12.7 Å². The Morgan fingerprint density at radius 3 is 2.83 bits per heavy atom. The summed E-state index contributed by atoms with van der Waals surface area (Å²) in [5.74, 6) is -0.371. The maximum Gasteiger partial charge on any atom is 0.272 e. The number of hydrogen-bond donors (Lipinski definition) is 1. The first kappa shape index (κ1) is 19.5. The quantitative estimate of drug-likeness (QED) is 0.501. The average Bonchev–Trinajstić information content (AvgIpc) is 3.06. The molecule has 8 heteroatoms. The monoisotopic (exact) mass is 429 g/mol. The van der Waals surface area contributed by atoms with Gasteiger partial charge in [-0.05, 0) is 36.8 Å². The summed E-state index contributed by atoms with van der Waals surface area (Å²) in [7, 11) is 0. The van der Waals surface area contributed by atoms with E-state index in [0.717, 1.165) is 5.56 Å². The molecule has 4 aromatic rings. The summed E-state index contributed by atoms with van der Waals surface area (Å²) in [5, 5.41) is 3.51. The molecule has 29 heavy (non-hydrogen) atoms. The molecule has 4 rings (SSSR count). The van der Waals surface area contributed by atoms with Crippen molar-refractivity contribution in [2.75, 3.05) is 5.32 Å². The Hall–Kier alpha value is -2.77. The van der Waals surface area contributed by atoms with E-state index in [1.54, 1.807) is 24.3 Å². The van der Waals surface area contributed by atoms with E-state index < -0.39 is 5.82 Å². The van der Waals surface area contributed by atoms with Crippen LogP contribution in [-0.4, -0.2) is 15.5 Å². The Balaban J connectivity index is 1.76. The number of anilines is 1. The zero-order valence-corrected chi connectivity index (χ0v) is 17.3. The Morgan fingerprint density at radius 1 is 1.31 bits per heavy atom. The molecule has 0 unspecified atom stereocenters. The highest BCUT2D eigenvalue weighted by Crippen LogP contribution is 2.32. The van der Waals surface area contributed by atoms with Crippen LogP contribution in [0.5, 0.6) is 0 Å². The molecule has 0 aliphatic heterocycles. The van der Waals surface area contributed by atoms with Gasteiger partial charge in [-0.3, -0.25) is 14.2 Å². The molecule has 0 atom stereocenters. The van der Waals surface area contributed by atoms with Crippen LogP contribution in [0.1, 0.15) is 18.3 Å². The average molecular weight is 430 g/mol. The highest BCUT2D eigenvalue weighted by molar-refractivity contribution is 7.25. The van der Waals surface area contributed by atoms with Gasteiger partial charge in [0.15, 0.2) is 0 Å². The second kappa shape index (κ2) is 7.57. The van der Waals surface area contributed by atoms with Gasteiger partial charge >= 0.3 is 0 Å². The fourth-order valence-corrected chi connectivity index (χ4v) is 4.65. The van der Waals surface area contributed by atoms with Crippen molar-refractivity contribution in [1.82, 2.24) is 9.55 Å². The Kier molecular flexibility index (Phi) is 5.10. The smallest absolute Gasteiger partial charge is 0.272 e. The van der Waals surface area contributed by atoms with Crippen LogP contribution in [0.25, 0.3) is 20.3 Å². The highest BCUT2D eigenvalue weighted by atomic mass is 35.5. The molecule has 0 bridgehead atoms. The second-order valence-corrected chi connectivity index (χ2v) is 8.16. The number of nitrogens with zero attached hydrogens (tertiary/aromatic N) is 2. The molecule has 5 nitrogen and oxygen atoms in total. The van der Waals surface area contributed by atoms with Crippen molar-refractivity contribution in [2.24, 2.45) is 0 Å². The van der Waals surface area contributed by atoms with E-state index in [0.29, 0.717) is 43.3 Å². The number of halogens is 2. The maximum absolute atomic E-state index is 14.3. The molecule has 2 heterocycles. The van der Waals surface area contributed by atoms with E-state index in [1.165, 1.54) is 22.0 Å². The highest BCUT2D eigenvalue weighted by Gasteiger charge is 2.19. The van der Waals surface area contributed by atoms with E-state index in [1.807, 2.05) is 19.9 Å². The number of benzene rings is 2. The summed E-state index contributed by atoms with van der Waals surface area (Å²) < 4.78 is 16.6. The number of nitrogens with one attached hydrogen (secondary N) is 1. The van der Waals surface area contributed by atoms with Gasteiger partial charge in [0.25, 0.3) is 5.56 Å². The lowest BCUT2D eigenvalue weighted by molar-refractivity contribution is -0.116. The van der Waals surface area contributed by atoms with E-state index in [4.69, 9.17) is 11.6 Å². The second-order valence-electron chi connectivity index (χ2n) is 6.70. The molecule has 0 aliphatic carbocycles. The molecule has 0 saturated carbocycles. The predicted molar refractivity (Wildman–Crippen MR) is 116 cm³/mol. The minimum atomic E-state index is -0.410. The molecule has 0 aliphatic rings. The van der Waals surface area contributed by atoms with E-state index in [9.17, 15) is 14.0 Å². The van der Waals surface area contributed by atoms with Gasteiger partial charge in [0, 0.05) is 11.1 Å². The molecule has 1 N–H and O–H groups in total. The number of hydrogen-bond acceptors (Lipinski definition) is 4. The molecule has 0 fully saturated rings. The molecule has 1 amide bonds. The molecule has 0 spiro atoms. The normalized spacial score (nSPS) is 11.3. The first-order valence-corrected chi connectivity index (χ1v) is 10.2. The molecule has 0 saturated heterocycles. The molecule has 2 aromatic carbocycles. The Bertz CT molecular complexity index is 1330. The third kappa shape index (κ3) is 3.52. The molecule has 148 valence electrons. The number of thiophene rings is 1. The summed E-state index contributed by atoms with van der Waals surface area (Å²) in [6.45, 7) is 3.54. The fraction of sp³-hybridized carbons (Fsp3) is 0.190. The minimum Gasteiger partial charge on any atom is -0.323 e. The topological polar surface area (TPSA) is 64.0 Å². The molecule has 0 radical (unpaired) electrons. The summed E-state index contributed by atoms with van der Waals surface area (Å²) in [4.78, 5) is 30.2. The van der Waals surface area contributed by atoms with Gasteiger partial charge in [-0.2, -0.15) is 0 Å². The largest absolute Gasteiger partial charge is 0.323 e. The number of carbonyl (C=O) groups excluding carboxylic acids is 1. The summed E-state index contributed by atoms with van der Waals surface area (Å²) in [5.41, 5.74) is 1.45. The van der Waals surface area contributed by atoms with Gasteiger partial charge < -0.3 is 5.32 Å². The molecular weight excluding hydrogens is 413 g/mol. The van der Waals surface area contributed by atoms with Crippen LogP contribution in [0.3, 0.4) is 0 Å². The van der Waals surface area contributed by atoms with Crippen LogP contribution in [0.4, 0.5) is 10.1 Å². The van der Waals surface area contributed by atoms with Crippen molar-refractivity contribution < 1.29 is 9.18 Å². The number of fused-ring (bicyclic) bond motifs is 3. The first-order chi connectivity index (χ1) is 13.9. The molecular formula is C21H17ClFN3O2S. The van der Waals surface area contributed by atoms with E-state index >= 15 is 0 Å². The van der Waals surface area contributed by atoms with Crippen LogP contribution >= 0.6 is 22.9 Å². The number of rotatable bonds is 4. The van der Waals surface area contributed by atoms with Gasteiger partial charge in [0.1, 0.15) is 22.9 Å². The zero-order valence-electron chi connectivity index (χ0n) is 15.8. The standard InChI is InChI=1S/C21H17ClFN3O2S/c1-3-16-25-19-18-13(23)5-4-6-15(18)29-20(19)21(28)26(16)10-17(27)24-14-8-7-11(2)9-12(14)22/h4-9H,3,10H2,1-2H3,(H,24,27). The fourth-order valence-electron chi connectivity index (χ4n) is 3.26. The van der Waals surface area contributed by atoms with Gasteiger partial charge in [-0.15, -0.1) is 11.3 Å². The first-order valence-electron chi connectivity index (χ1n) is 9.05. The van der Waals surface area contributed by atoms with Crippen LogP contribution in [-0.2, 0) is 17.8 Å². The van der Waals surface area contributed by atoms with Crippen molar-refractivity contribution in [1.29, 1.82) is 0 Å². The summed E-state index contributed by atoms with van der Waals surface area (Å²) >= 11 is 7.36. The zero-order chi connectivity index (χ0) is 20.7. The van der Waals surface area contributed by atoms with Crippen molar-refractivity contribution in [3.63, 3.8) is 0 Å². The van der Waals surface area contributed by atoms with Crippen LogP contribution in [0.2, 0.25) is 5.02 Å².